The van der Waals surface area contributed by atoms with Gasteiger partial charge in [0.1, 0.15) is 10.7 Å². The van der Waals surface area contributed by atoms with Crippen LogP contribution < -0.4 is 5.32 Å². The van der Waals surface area contributed by atoms with Crippen molar-refractivity contribution in [1.82, 2.24) is 4.31 Å². The van der Waals surface area contributed by atoms with Crippen molar-refractivity contribution in [1.29, 1.82) is 0 Å². The highest BCUT2D eigenvalue weighted by Crippen LogP contribution is 2.29. The number of anilines is 1. The number of amides is 1. The topological polar surface area (TPSA) is 92.8 Å². The summed E-state index contributed by atoms with van der Waals surface area (Å²) in [6.45, 7) is 2.07. The Labute approximate surface area is 185 Å². The Hall–Kier alpha value is -2.49. The predicted octanol–water partition coefficient (Wildman–Crippen LogP) is 3.70. The number of carbonyl (C=O) groups excluding carboxylic acids is 2. The second-order valence-corrected chi connectivity index (χ2v) is 9.67. The van der Waals surface area contributed by atoms with Gasteiger partial charge in [-0.25, -0.2) is 17.6 Å². The number of rotatable bonds is 6. The molecule has 10 heteroatoms. The van der Waals surface area contributed by atoms with Gasteiger partial charge < -0.3 is 10.1 Å². The lowest BCUT2D eigenvalue weighted by Gasteiger charge is -2.30. The smallest absolute Gasteiger partial charge is 0.338 e. The summed E-state index contributed by atoms with van der Waals surface area (Å²) in [6, 6.07) is 9.33. The molecule has 0 radical (unpaired) electrons. The normalized spacial score (nSPS) is 17.2. The lowest BCUT2D eigenvalue weighted by atomic mass is 10.0. The standard InChI is InChI=1S/C21H22ClFN2O5S/c1-14-5-4-10-25(12-14)31(28,29)19-11-15(8-9-16(19)22)21(27)30-13-20(26)24-18-7-3-2-6-17(18)23/h2-3,6-9,11,14H,4-5,10,12-13H2,1H3,(H,24,26). The number of hydrogen-bond acceptors (Lipinski definition) is 5. The van der Waals surface area contributed by atoms with Gasteiger partial charge in [0, 0.05) is 13.1 Å². The predicted molar refractivity (Wildman–Crippen MR) is 114 cm³/mol. The minimum absolute atomic E-state index is 0.00734. The van der Waals surface area contributed by atoms with Crippen LogP contribution in [0.2, 0.25) is 5.02 Å². The molecule has 1 heterocycles. The quantitative estimate of drug-likeness (QED) is 0.652. The molecule has 0 aromatic heterocycles. The molecule has 2 aromatic carbocycles. The van der Waals surface area contributed by atoms with E-state index >= 15 is 0 Å². The molecule has 7 nitrogen and oxygen atoms in total. The first-order valence-corrected chi connectivity index (χ1v) is 11.5. The molecule has 0 bridgehead atoms. The third kappa shape index (κ3) is 5.61. The summed E-state index contributed by atoms with van der Waals surface area (Å²) in [5.74, 6) is -2.03. The summed E-state index contributed by atoms with van der Waals surface area (Å²) in [4.78, 5) is 24.1. The Morgan fingerprint density at radius 2 is 2.00 bits per heavy atom. The molecule has 1 atom stereocenters. The van der Waals surface area contributed by atoms with Gasteiger partial charge >= 0.3 is 5.97 Å². The Morgan fingerprint density at radius 1 is 1.26 bits per heavy atom. The molecule has 1 aliphatic rings. The number of sulfonamides is 1. The van der Waals surface area contributed by atoms with Crippen molar-refractivity contribution in [3.8, 4) is 0 Å². The van der Waals surface area contributed by atoms with E-state index in [2.05, 4.69) is 5.32 Å². The maximum atomic E-state index is 13.6. The third-order valence-electron chi connectivity index (χ3n) is 4.89. The molecule has 1 saturated heterocycles. The number of ether oxygens (including phenoxy) is 1. The fraction of sp³-hybridized carbons (Fsp3) is 0.333. The van der Waals surface area contributed by atoms with E-state index in [-0.39, 0.29) is 27.1 Å². The van der Waals surface area contributed by atoms with Gasteiger partial charge in [0.2, 0.25) is 10.0 Å². The zero-order chi connectivity index (χ0) is 22.6. The second kappa shape index (κ2) is 9.76. The Balaban J connectivity index is 1.69. The van der Waals surface area contributed by atoms with E-state index in [1.807, 2.05) is 6.92 Å². The number of benzene rings is 2. The van der Waals surface area contributed by atoms with Crippen LogP contribution in [0.25, 0.3) is 0 Å². The highest BCUT2D eigenvalue weighted by atomic mass is 35.5. The average Bonchev–Trinajstić information content (AvgIpc) is 2.74. The maximum absolute atomic E-state index is 13.6. The molecule has 1 unspecified atom stereocenters. The molecule has 1 aliphatic heterocycles. The highest BCUT2D eigenvalue weighted by molar-refractivity contribution is 7.89. The van der Waals surface area contributed by atoms with Gasteiger partial charge in [-0.2, -0.15) is 4.31 Å². The Morgan fingerprint density at radius 3 is 2.71 bits per heavy atom. The van der Waals surface area contributed by atoms with Crippen LogP contribution in [0.4, 0.5) is 10.1 Å². The van der Waals surface area contributed by atoms with E-state index < -0.39 is 34.3 Å². The molecule has 0 saturated carbocycles. The minimum atomic E-state index is -3.89. The Kier molecular flexibility index (Phi) is 7.30. The largest absolute Gasteiger partial charge is 0.452 e. The first kappa shape index (κ1) is 23.2. The first-order chi connectivity index (χ1) is 14.7. The van der Waals surface area contributed by atoms with Crippen molar-refractivity contribution < 1.29 is 27.1 Å². The molecule has 31 heavy (non-hydrogen) atoms. The SMILES string of the molecule is CC1CCCN(S(=O)(=O)c2cc(C(=O)OCC(=O)Nc3ccccc3F)ccc2Cl)C1. The number of hydrogen-bond donors (Lipinski definition) is 1. The number of esters is 1. The van der Waals surface area contributed by atoms with Crippen LogP contribution in [0.5, 0.6) is 0 Å². The van der Waals surface area contributed by atoms with Gasteiger partial charge in [-0.05, 0) is 49.1 Å². The fourth-order valence-electron chi connectivity index (χ4n) is 3.30. The van der Waals surface area contributed by atoms with Gasteiger partial charge in [0.05, 0.1) is 16.3 Å². The lowest BCUT2D eigenvalue weighted by Crippen LogP contribution is -2.39. The molecule has 0 spiro atoms. The van der Waals surface area contributed by atoms with Crippen LogP contribution in [0, 0.1) is 11.7 Å². The van der Waals surface area contributed by atoms with Gasteiger partial charge in [-0.15, -0.1) is 0 Å². The Bertz CT molecular complexity index is 1090. The van der Waals surface area contributed by atoms with Gasteiger partial charge in [0.25, 0.3) is 5.91 Å². The van der Waals surface area contributed by atoms with Gasteiger partial charge in [-0.1, -0.05) is 30.7 Å². The van der Waals surface area contributed by atoms with Crippen molar-refractivity contribution >= 4 is 39.2 Å². The number of para-hydroxylation sites is 1. The van der Waals surface area contributed by atoms with Crippen LogP contribution in [0.15, 0.2) is 47.4 Å². The molecule has 1 fully saturated rings. The van der Waals surface area contributed by atoms with Crippen LogP contribution in [0.3, 0.4) is 0 Å². The fourth-order valence-corrected chi connectivity index (χ4v) is 5.39. The number of carbonyl (C=O) groups is 2. The summed E-state index contributed by atoms with van der Waals surface area (Å²) in [7, 11) is -3.89. The van der Waals surface area contributed by atoms with Crippen molar-refractivity contribution in [3.63, 3.8) is 0 Å². The monoisotopic (exact) mass is 468 g/mol. The molecular formula is C21H22ClFN2O5S. The van der Waals surface area contributed by atoms with Crippen LogP contribution in [0.1, 0.15) is 30.1 Å². The molecule has 166 valence electrons. The van der Waals surface area contributed by atoms with Crippen molar-refractivity contribution in [2.45, 2.75) is 24.7 Å². The molecule has 1 amide bonds. The number of nitrogens with zero attached hydrogens (tertiary/aromatic N) is 1. The van der Waals surface area contributed by atoms with Gasteiger partial charge in [-0.3, -0.25) is 4.79 Å². The van der Waals surface area contributed by atoms with E-state index in [4.69, 9.17) is 16.3 Å². The zero-order valence-corrected chi connectivity index (χ0v) is 18.4. The van der Waals surface area contributed by atoms with Crippen molar-refractivity contribution in [2.24, 2.45) is 5.92 Å². The summed E-state index contributed by atoms with van der Waals surface area (Å²) in [6.07, 6.45) is 1.69. The van der Waals surface area contributed by atoms with Gasteiger partial charge in [0.15, 0.2) is 6.61 Å². The summed E-state index contributed by atoms with van der Waals surface area (Å²) in [5.41, 5.74) is -0.106. The first-order valence-electron chi connectivity index (χ1n) is 9.69. The third-order valence-corrected chi connectivity index (χ3v) is 7.23. The lowest BCUT2D eigenvalue weighted by molar-refractivity contribution is -0.119. The van der Waals surface area contributed by atoms with E-state index in [9.17, 15) is 22.4 Å². The maximum Gasteiger partial charge on any atom is 0.338 e. The van der Waals surface area contributed by atoms with E-state index in [1.54, 1.807) is 6.07 Å². The van der Waals surface area contributed by atoms with E-state index in [0.717, 1.165) is 18.9 Å². The van der Waals surface area contributed by atoms with E-state index in [1.165, 1.54) is 34.6 Å². The van der Waals surface area contributed by atoms with Crippen LogP contribution >= 0.6 is 11.6 Å². The molecular weight excluding hydrogens is 447 g/mol. The van der Waals surface area contributed by atoms with Crippen LogP contribution in [-0.4, -0.2) is 44.3 Å². The zero-order valence-electron chi connectivity index (χ0n) is 16.8. The van der Waals surface area contributed by atoms with Crippen molar-refractivity contribution in [2.75, 3.05) is 25.0 Å². The highest BCUT2D eigenvalue weighted by Gasteiger charge is 2.31. The molecule has 3 rings (SSSR count). The molecule has 2 aromatic rings. The number of halogens is 2. The second-order valence-electron chi connectivity index (χ2n) is 7.36. The summed E-state index contributed by atoms with van der Waals surface area (Å²) in [5, 5.41) is 2.29. The molecule has 1 N–H and O–H groups in total. The van der Waals surface area contributed by atoms with E-state index in [0.29, 0.717) is 13.1 Å². The number of piperidine rings is 1. The van der Waals surface area contributed by atoms with Crippen LogP contribution in [-0.2, 0) is 19.6 Å². The summed E-state index contributed by atoms with van der Waals surface area (Å²) < 4.78 is 45.9. The average molecular weight is 469 g/mol. The minimum Gasteiger partial charge on any atom is -0.452 e. The van der Waals surface area contributed by atoms with Crippen molar-refractivity contribution in [3.05, 3.63) is 58.9 Å². The number of nitrogens with one attached hydrogen (secondary N) is 1. The summed E-state index contributed by atoms with van der Waals surface area (Å²) >= 11 is 6.12. The molecule has 0 aliphatic carbocycles.